The maximum atomic E-state index is 11.6. The summed E-state index contributed by atoms with van der Waals surface area (Å²) in [6, 6.07) is 5.96. The first-order valence-electron chi connectivity index (χ1n) is 7.68. The fourth-order valence-electron chi connectivity index (χ4n) is 2.53. The number of rotatable bonds is 4. The van der Waals surface area contributed by atoms with Crippen LogP contribution < -0.4 is 0 Å². The third-order valence-electron chi connectivity index (χ3n) is 4.03. The fraction of sp³-hybridized carbons (Fsp3) is 0.389. The minimum absolute atomic E-state index is 0.0567. The van der Waals surface area contributed by atoms with Gasteiger partial charge < -0.3 is 0 Å². The molecule has 0 saturated heterocycles. The molecule has 0 saturated carbocycles. The molecule has 0 atom stereocenters. The van der Waals surface area contributed by atoms with Gasteiger partial charge in [-0.15, -0.1) is 0 Å². The molecule has 5 heteroatoms. The van der Waals surface area contributed by atoms with Crippen molar-refractivity contribution in [2.75, 3.05) is 0 Å². The van der Waals surface area contributed by atoms with Crippen LogP contribution in [0.1, 0.15) is 53.9 Å². The van der Waals surface area contributed by atoms with Gasteiger partial charge in [0.15, 0.2) is 5.78 Å². The van der Waals surface area contributed by atoms with Gasteiger partial charge in [-0.25, -0.2) is 9.35 Å². The van der Waals surface area contributed by atoms with Gasteiger partial charge in [0.05, 0.1) is 11.4 Å². The Kier molecular flexibility index (Phi) is 4.68. The maximum Gasteiger partial charge on any atom is 0.161 e. The van der Waals surface area contributed by atoms with Gasteiger partial charge in [0.25, 0.3) is 0 Å². The molecular formula is C18H24N4O. The van der Waals surface area contributed by atoms with Crippen molar-refractivity contribution in [1.82, 2.24) is 9.35 Å². The summed E-state index contributed by atoms with van der Waals surface area (Å²) in [6.45, 7) is 13.4. The van der Waals surface area contributed by atoms with Crippen LogP contribution >= 0.6 is 0 Å². The van der Waals surface area contributed by atoms with Gasteiger partial charge in [-0.1, -0.05) is 0 Å². The Morgan fingerprint density at radius 1 is 0.826 bits per heavy atom. The van der Waals surface area contributed by atoms with Crippen molar-refractivity contribution in [3.63, 3.8) is 0 Å². The molecule has 2 heterocycles. The molecule has 2 aromatic heterocycles. The summed E-state index contributed by atoms with van der Waals surface area (Å²) in [5, 5.41) is 9.28. The van der Waals surface area contributed by atoms with Crippen LogP contribution in [0.2, 0.25) is 0 Å². The number of hydrogen-bond donors (Lipinski definition) is 0. The van der Waals surface area contributed by atoms with E-state index in [-0.39, 0.29) is 5.78 Å². The second-order valence-electron chi connectivity index (χ2n) is 5.95. The Morgan fingerprint density at radius 3 is 1.74 bits per heavy atom. The number of carbonyl (C=O) groups is 1. The Balaban J connectivity index is 2.42. The molecule has 2 rings (SSSR count). The Hall–Kier alpha value is -2.43. The second kappa shape index (κ2) is 6.36. The number of carbonyl (C=O) groups excluding carboxylic acids is 1. The van der Waals surface area contributed by atoms with Crippen molar-refractivity contribution in [3.8, 4) is 0 Å². The summed E-state index contributed by atoms with van der Waals surface area (Å²) in [6.07, 6.45) is 0. The van der Waals surface area contributed by atoms with Gasteiger partial charge in [0, 0.05) is 28.3 Å². The van der Waals surface area contributed by atoms with Gasteiger partial charge in [-0.05, 0) is 66.7 Å². The third-order valence-corrected chi connectivity index (χ3v) is 4.03. The maximum absolute atomic E-state index is 11.6. The van der Waals surface area contributed by atoms with Crippen LogP contribution in [0.25, 0.3) is 0 Å². The smallest absolute Gasteiger partial charge is 0.161 e. The van der Waals surface area contributed by atoms with E-state index in [1.165, 1.54) is 0 Å². The molecule has 5 nitrogen and oxygen atoms in total. The number of ketones is 1. The Bertz CT molecular complexity index is 799. The summed E-state index contributed by atoms with van der Waals surface area (Å²) < 4.78 is 3.71. The lowest BCUT2D eigenvalue weighted by atomic mass is 10.2. The minimum atomic E-state index is 0.0567. The molecule has 0 aliphatic heterocycles. The van der Waals surface area contributed by atoms with Crippen LogP contribution in [0, 0.1) is 27.7 Å². The highest BCUT2D eigenvalue weighted by molar-refractivity contribution is 6.40. The lowest BCUT2D eigenvalue weighted by molar-refractivity contribution is 0.101. The van der Waals surface area contributed by atoms with E-state index >= 15 is 0 Å². The monoisotopic (exact) mass is 312 g/mol. The van der Waals surface area contributed by atoms with Crippen molar-refractivity contribution in [2.24, 2.45) is 10.2 Å². The van der Waals surface area contributed by atoms with Gasteiger partial charge in [0.1, 0.15) is 0 Å². The summed E-state index contributed by atoms with van der Waals surface area (Å²) in [7, 11) is 0. The van der Waals surface area contributed by atoms with Crippen LogP contribution in [0.3, 0.4) is 0 Å². The SMILES string of the molecule is CC(=O)c1cc(C)n(/N=C(C)/C(C)=N/n2c(C)ccc2C)c1C. The lowest BCUT2D eigenvalue weighted by Crippen LogP contribution is -2.12. The van der Waals surface area contributed by atoms with Gasteiger partial charge in [0.2, 0.25) is 0 Å². The quantitative estimate of drug-likeness (QED) is 0.624. The number of aryl methyl sites for hydroxylation is 3. The van der Waals surface area contributed by atoms with Crippen LogP contribution in [0.5, 0.6) is 0 Å². The van der Waals surface area contributed by atoms with E-state index in [9.17, 15) is 4.79 Å². The predicted molar refractivity (Wildman–Crippen MR) is 94.8 cm³/mol. The Labute approximate surface area is 137 Å². The molecule has 2 aromatic rings. The van der Waals surface area contributed by atoms with Gasteiger partial charge in [-0.3, -0.25) is 4.79 Å². The summed E-state index contributed by atoms with van der Waals surface area (Å²) >= 11 is 0. The lowest BCUT2D eigenvalue weighted by Gasteiger charge is -2.07. The largest absolute Gasteiger partial charge is 0.294 e. The van der Waals surface area contributed by atoms with Crippen LogP contribution in [-0.4, -0.2) is 26.6 Å². The predicted octanol–water partition coefficient (Wildman–Crippen LogP) is 3.87. The zero-order valence-corrected chi connectivity index (χ0v) is 14.9. The summed E-state index contributed by atoms with van der Waals surface area (Å²) in [5.41, 5.74) is 6.33. The number of Topliss-reactive ketones (excluding diaryl/α,β-unsaturated/α-hetero) is 1. The van der Waals surface area contributed by atoms with E-state index in [4.69, 9.17) is 0 Å². The fourth-order valence-corrected chi connectivity index (χ4v) is 2.53. The van der Waals surface area contributed by atoms with E-state index in [1.54, 1.807) is 11.6 Å². The van der Waals surface area contributed by atoms with Crippen molar-refractivity contribution < 1.29 is 4.79 Å². The normalized spacial score (nSPS) is 12.8. The molecule has 0 bridgehead atoms. The van der Waals surface area contributed by atoms with Crippen molar-refractivity contribution in [1.29, 1.82) is 0 Å². The molecule has 122 valence electrons. The first-order valence-corrected chi connectivity index (χ1v) is 7.68. The highest BCUT2D eigenvalue weighted by Gasteiger charge is 2.12. The highest BCUT2D eigenvalue weighted by atomic mass is 16.1. The molecule has 0 aliphatic carbocycles. The molecular weight excluding hydrogens is 288 g/mol. The minimum Gasteiger partial charge on any atom is -0.294 e. The molecule has 0 N–H and O–H groups in total. The third kappa shape index (κ3) is 3.33. The molecule has 0 radical (unpaired) electrons. The summed E-state index contributed by atoms with van der Waals surface area (Å²) in [5.74, 6) is 0.0567. The number of nitrogens with zero attached hydrogens (tertiary/aromatic N) is 4. The van der Waals surface area contributed by atoms with Gasteiger partial charge >= 0.3 is 0 Å². The standard InChI is InChI=1S/C18H24N4O/c1-11-8-9-12(2)21(11)19-14(4)15(5)20-22-13(3)10-18(16(22)6)17(7)23/h8-10H,1-7H3/b19-14+,20-15+. The average Bonchev–Trinajstić information content (AvgIpc) is 2.94. The van der Waals surface area contributed by atoms with E-state index in [0.717, 1.165) is 34.2 Å². The van der Waals surface area contributed by atoms with Crippen molar-refractivity contribution in [2.45, 2.75) is 48.5 Å². The second-order valence-corrected chi connectivity index (χ2v) is 5.95. The van der Waals surface area contributed by atoms with E-state index in [1.807, 2.05) is 64.4 Å². The molecule has 0 unspecified atom stereocenters. The molecule has 0 aromatic carbocycles. The van der Waals surface area contributed by atoms with E-state index in [0.29, 0.717) is 5.56 Å². The van der Waals surface area contributed by atoms with Crippen molar-refractivity contribution in [3.05, 3.63) is 46.5 Å². The molecule has 0 aliphatic rings. The molecule has 23 heavy (non-hydrogen) atoms. The van der Waals surface area contributed by atoms with Crippen LogP contribution in [-0.2, 0) is 0 Å². The zero-order chi connectivity index (χ0) is 17.3. The first kappa shape index (κ1) is 16.9. The van der Waals surface area contributed by atoms with Crippen LogP contribution in [0.15, 0.2) is 28.4 Å². The first-order chi connectivity index (χ1) is 10.7. The Morgan fingerprint density at radius 2 is 1.30 bits per heavy atom. The van der Waals surface area contributed by atoms with E-state index in [2.05, 4.69) is 10.2 Å². The highest BCUT2D eigenvalue weighted by Crippen LogP contribution is 2.16. The topological polar surface area (TPSA) is 51.6 Å². The zero-order valence-electron chi connectivity index (χ0n) is 14.9. The molecule has 0 amide bonds. The number of aromatic nitrogens is 2. The van der Waals surface area contributed by atoms with E-state index < -0.39 is 0 Å². The molecule has 0 fully saturated rings. The number of hydrogen-bond acceptors (Lipinski definition) is 3. The van der Waals surface area contributed by atoms with Crippen molar-refractivity contribution >= 4 is 17.2 Å². The average molecular weight is 312 g/mol. The van der Waals surface area contributed by atoms with Crippen LogP contribution in [0.4, 0.5) is 0 Å². The van der Waals surface area contributed by atoms with Gasteiger partial charge in [-0.2, -0.15) is 10.2 Å². The summed E-state index contributed by atoms with van der Waals surface area (Å²) in [4.78, 5) is 11.6. The molecule has 0 spiro atoms.